The second-order valence-electron chi connectivity index (χ2n) is 5.24. The van der Waals surface area contributed by atoms with Crippen LogP contribution in [0.5, 0.6) is 11.5 Å². The molecule has 2 N–H and O–H groups in total. The van der Waals surface area contributed by atoms with E-state index in [1.807, 2.05) is 25.1 Å². The Labute approximate surface area is 114 Å². The monoisotopic (exact) mass is 265 g/mol. The first kappa shape index (κ1) is 14.2. The van der Waals surface area contributed by atoms with Crippen LogP contribution in [0.15, 0.2) is 18.2 Å². The first-order valence-electron chi connectivity index (χ1n) is 6.82. The molecule has 1 atom stereocenters. The van der Waals surface area contributed by atoms with Crippen molar-refractivity contribution >= 4 is 0 Å². The van der Waals surface area contributed by atoms with Gasteiger partial charge in [-0.1, -0.05) is 6.07 Å². The van der Waals surface area contributed by atoms with E-state index in [0.717, 1.165) is 36.0 Å². The Morgan fingerprint density at radius 2 is 2.11 bits per heavy atom. The molecule has 19 heavy (non-hydrogen) atoms. The molecule has 0 amide bonds. The van der Waals surface area contributed by atoms with Gasteiger partial charge >= 0.3 is 0 Å². The number of benzene rings is 1. The maximum atomic E-state index is 5.81. The van der Waals surface area contributed by atoms with Crippen LogP contribution in [-0.2, 0) is 11.2 Å². The minimum Gasteiger partial charge on any atom is -0.493 e. The van der Waals surface area contributed by atoms with E-state index in [2.05, 4.69) is 0 Å². The molecular formula is C15H23NO3. The molecule has 1 aliphatic carbocycles. The Bertz CT molecular complexity index is 402. The van der Waals surface area contributed by atoms with Crippen LogP contribution in [0.3, 0.4) is 0 Å². The van der Waals surface area contributed by atoms with Gasteiger partial charge in [0.25, 0.3) is 0 Å². The number of nitrogens with two attached hydrogens (primary N) is 1. The summed E-state index contributed by atoms with van der Waals surface area (Å²) in [6.07, 6.45) is 3.39. The third-order valence-electron chi connectivity index (χ3n) is 3.13. The van der Waals surface area contributed by atoms with Crippen molar-refractivity contribution in [3.8, 4) is 11.5 Å². The van der Waals surface area contributed by atoms with Crippen molar-refractivity contribution in [2.75, 3.05) is 20.5 Å². The highest BCUT2D eigenvalue weighted by molar-refractivity contribution is 5.43. The van der Waals surface area contributed by atoms with Crippen LogP contribution >= 0.6 is 0 Å². The van der Waals surface area contributed by atoms with Crippen molar-refractivity contribution in [1.82, 2.24) is 0 Å². The lowest BCUT2D eigenvalue weighted by atomic mass is 10.1. The van der Waals surface area contributed by atoms with E-state index in [1.165, 1.54) is 12.8 Å². The fourth-order valence-corrected chi connectivity index (χ4v) is 1.94. The average Bonchev–Trinajstić information content (AvgIpc) is 3.18. The van der Waals surface area contributed by atoms with Crippen LogP contribution in [0.2, 0.25) is 0 Å². The predicted octanol–water partition coefficient (Wildman–Crippen LogP) is 2.35. The van der Waals surface area contributed by atoms with Gasteiger partial charge in [-0.25, -0.2) is 0 Å². The molecule has 0 bridgehead atoms. The van der Waals surface area contributed by atoms with Crippen molar-refractivity contribution in [3.05, 3.63) is 23.8 Å². The largest absolute Gasteiger partial charge is 0.493 e. The molecular weight excluding hydrogens is 242 g/mol. The molecule has 0 aliphatic heterocycles. The summed E-state index contributed by atoms with van der Waals surface area (Å²) in [5.41, 5.74) is 6.96. The maximum absolute atomic E-state index is 5.81. The molecule has 0 spiro atoms. The van der Waals surface area contributed by atoms with Crippen molar-refractivity contribution in [2.45, 2.75) is 32.2 Å². The molecule has 4 heteroatoms. The molecule has 4 nitrogen and oxygen atoms in total. The number of ether oxygens (including phenoxy) is 3. The standard InChI is InChI=1S/C15H23NO3/c1-11(16)7-13-5-6-14(17-2)15(8-13)19-10-18-9-12-3-4-12/h5-6,8,11-12H,3-4,7,9-10,16H2,1-2H3. The molecule has 1 aromatic rings. The van der Waals surface area contributed by atoms with Crippen LogP contribution in [0.1, 0.15) is 25.3 Å². The zero-order valence-corrected chi connectivity index (χ0v) is 11.7. The van der Waals surface area contributed by atoms with E-state index in [1.54, 1.807) is 7.11 Å². The normalized spacial score (nSPS) is 16.2. The summed E-state index contributed by atoms with van der Waals surface area (Å²) in [6, 6.07) is 6.03. The summed E-state index contributed by atoms with van der Waals surface area (Å²) >= 11 is 0. The maximum Gasteiger partial charge on any atom is 0.189 e. The average molecular weight is 265 g/mol. The minimum absolute atomic E-state index is 0.132. The molecule has 0 aromatic heterocycles. The second-order valence-corrected chi connectivity index (χ2v) is 5.24. The highest BCUT2D eigenvalue weighted by atomic mass is 16.7. The molecule has 1 unspecified atom stereocenters. The van der Waals surface area contributed by atoms with Gasteiger partial charge in [0, 0.05) is 6.04 Å². The molecule has 106 valence electrons. The van der Waals surface area contributed by atoms with E-state index in [0.29, 0.717) is 0 Å². The molecule has 1 fully saturated rings. The first-order chi connectivity index (χ1) is 9.19. The number of methoxy groups -OCH3 is 1. The zero-order valence-electron chi connectivity index (χ0n) is 11.7. The fourth-order valence-electron chi connectivity index (χ4n) is 1.94. The highest BCUT2D eigenvalue weighted by Crippen LogP contribution is 2.30. The van der Waals surface area contributed by atoms with Crippen molar-refractivity contribution in [2.24, 2.45) is 11.7 Å². The summed E-state index contributed by atoms with van der Waals surface area (Å²) in [7, 11) is 1.64. The molecule has 0 heterocycles. The molecule has 0 radical (unpaired) electrons. The fraction of sp³-hybridized carbons (Fsp3) is 0.600. The van der Waals surface area contributed by atoms with Crippen LogP contribution in [-0.4, -0.2) is 26.6 Å². The Morgan fingerprint density at radius 1 is 1.32 bits per heavy atom. The number of rotatable bonds is 8. The quantitative estimate of drug-likeness (QED) is 0.579. The number of hydrogen-bond donors (Lipinski definition) is 1. The third kappa shape index (κ3) is 4.73. The summed E-state index contributed by atoms with van der Waals surface area (Å²) in [6.45, 7) is 3.06. The summed E-state index contributed by atoms with van der Waals surface area (Å²) in [5, 5.41) is 0. The van der Waals surface area contributed by atoms with Crippen molar-refractivity contribution in [3.63, 3.8) is 0 Å². The molecule has 0 saturated heterocycles. The van der Waals surface area contributed by atoms with Gasteiger partial charge in [0.1, 0.15) is 0 Å². The van der Waals surface area contributed by atoms with E-state index >= 15 is 0 Å². The second kappa shape index (κ2) is 6.78. The minimum atomic E-state index is 0.132. The van der Waals surface area contributed by atoms with Gasteiger partial charge in [-0.2, -0.15) is 0 Å². The third-order valence-corrected chi connectivity index (χ3v) is 3.13. The first-order valence-corrected chi connectivity index (χ1v) is 6.82. The molecule has 2 rings (SSSR count). The highest BCUT2D eigenvalue weighted by Gasteiger charge is 2.21. The van der Waals surface area contributed by atoms with Crippen LogP contribution < -0.4 is 15.2 Å². The van der Waals surface area contributed by atoms with E-state index in [-0.39, 0.29) is 12.8 Å². The van der Waals surface area contributed by atoms with Crippen LogP contribution in [0.4, 0.5) is 0 Å². The van der Waals surface area contributed by atoms with E-state index in [9.17, 15) is 0 Å². The van der Waals surface area contributed by atoms with Gasteiger partial charge in [-0.05, 0) is 49.8 Å². The van der Waals surface area contributed by atoms with E-state index in [4.69, 9.17) is 19.9 Å². The van der Waals surface area contributed by atoms with Gasteiger partial charge in [-0.3, -0.25) is 0 Å². The lowest BCUT2D eigenvalue weighted by Crippen LogP contribution is -2.17. The Morgan fingerprint density at radius 3 is 2.74 bits per heavy atom. The van der Waals surface area contributed by atoms with Gasteiger partial charge in [0.2, 0.25) is 0 Å². The summed E-state index contributed by atoms with van der Waals surface area (Å²) in [4.78, 5) is 0. The van der Waals surface area contributed by atoms with Gasteiger partial charge in [0.15, 0.2) is 18.3 Å². The lowest BCUT2D eigenvalue weighted by Gasteiger charge is -2.13. The van der Waals surface area contributed by atoms with Gasteiger partial charge < -0.3 is 19.9 Å². The SMILES string of the molecule is COc1ccc(CC(C)N)cc1OCOCC1CC1. The van der Waals surface area contributed by atoms with E-state index < -0.39 is 0 Å². The van der Waals surface area contributed by atoms with Crippen molar-refractivity contribution in [1.29, 1.82) is 0 Å². The Kier molecular flexibility index (Phi) is 5.05. The smallest absolute Gasteiger partial charge is 0.189 e. The summed E-state index contributed by atoms with van der Waals surface area (Å²) < 4.78 is 16.4. The van der Waals surface area contributed by atoms with Gasteiger partial charge in [0.05, 0.1) is 13.7 Å². The molecule has 1 aromatic carbocycles. The molecule has 1 aliphatic rings. The van der Waals surface area contributed by atoms with Crippen LogP contribution in [0, 0.1) is 5.92 Å². The molecule has 1 saturated carbocycles. The predicted molar refractivity (Wildman–Crippen MR) is 74.5 cm³/mol. The van der Waals surface area contributed by atoms with Gasteiger partial charge in [-0.15, -0.1) is 0 Å². The Hall–Kier alpha value is -1.26. The number of hydrogen-bond acceptors (Lipinski definition) is 4. The lowest BCUT2D eigenvalue weighted by molar-refractivity contribution is 0.00862. The summed E-state index contributed by atoms with van der Waals surface area (Å²) in [5.74, 6) is 2.19. The Balaban J connectivity index is 1.90. The zero-order chi connectivity index (χ0) is 13.7. The van der Waals surface area contributed by atoms with Crippen LogP contribution in [0.25, 0.3) is 0 Å². The topological polar surface area (TPSA) is 53.7 Å². The van der Waals surface area contributed by atoms with Crippen molar-refractivity contribution < 1.29 is 14.2 Å².